The minimum atomic E-state index is -0.464. The van der Waals surface area contributed by atoms with Crippen LogP contribution in [0.15, 0.2) is 28.8 Å². The molecule has 6 heteroatoms. The summed E-state index contributed by atoms with van der Waals surface area (Å²) >= 11 is 0. The van der Waals surface area contributed by atoms with Crippen LogP contribution in [0.1, 0.15) is 17.0 Å². The van der Waals surface area contributed by atoms with Crippen molar-refractivity contribution in [3.8, 4) is 5.75 Å². The zero-order valence-electron chi connectivity index (χ0n) is 10.0. The zero-order valence-corrected chi connectivity index (χ0v) is 10.0. The molecule has 2 aromatic rings. The summed E-state index contributed by atoms with van der Waals surface area (Å²) in [6.45, 7) is 3.70. The molecule has 0 unspecified atom stereocenters. The average molecular weight is 248 g/mol. The number of nitrogens with zero attached hydrogens (tertiary/aromatic N) is 2. The van der Waals surface area contributed by atoms with E-state index in [9.17, 15) is 10.1 Å². The van der Waals surface area contributed by atoms with E-state index in [-0.39, 0.29) is 18.0 Å². The Kier molecular flexibility index (Phi) is 3.27. The molecule has 1 aromatic heterocycles. The zero-order chi connectivity index (χ0) is 13.1. The van der Waals surface area contributed by atoms with Gasteiger partial charge in [-0.25, -0.2) is 0 Å². The summed E-state index contributed by atoms with van der Waals surface area (Å²) < 4.78 is 10.3. The normalized spacial score (nSPS) is 10.3. The van der Waals surface area contributed by atoms with Crippen molar-refractivity contribution in [3.63, 3.8) is 0 Å². The number of benzene rings is 1. The van der Waals surface area contributed by atoms with Gasteiger partial charge in [0.1, 0.15) is 6.61 Å². The van der Waals surface area contributed by atoms with Crippen LogP contribution >= 0.6 is 0 Å². The van der Waals surface area contributed by atoms with Crippen LogP contribution in [0, 0.1) is 24.0 Å². The van der Waals surface area contributed by atoms with Crippen molar-refractivity contribution in [3.05, 3.63) is 51.4 Å². The minimum absolute atomic E-state index is 0.0498. The van der Waals surface area contributed by atoms with Crippen molar-refractivity contribution in [2.24, 2.45) is 0 Å². The first kappa shape index (κ1) is 12.1. The van der Waals surface area contributed by atoms with Crippen LogP contribution < -0.4 is 4.74 Å². The van der Waals surface area contributed by atoms with Crippen molar-refractivity contribution in [1.82, 2.24) is 5.16 Å². The largest absolute Gasteiger partial charge is 0.479 e. The van der Waals surface area contributed by atoms with Gasteiger partial charge in [0.2, 0.25) is 0 Å². The maximum absolute atomic E-state index is 10.9. The van der Waals surface area contributed by atoms with Gasteiger partial charge >= 0.3 is 5.69 Å². The van der Waals surface area contributed by atoms with Gasteiger partial charge in [-0.1, -0.05) is 11.2 Å². The maximum Gasteiger partial charge on any atom is 0.311 e. The standard InChI is InChI=1S/C12H12N2O4/c1-8-3-4-12(11(5-8)14(15)16)17-7-10-6-9(2)13-18-10/h3-6H,7H2,1-2H3. The van der Waals surface area contributed by atoms with Gasteiger partial charge in [0, 0.05) is 12.1 Å². The van der Waals surface area contributed by atoms with E-state index < -0.39 is 4.92 Å². The third-order valence-corrected chi connectivity index (χ3v) is 2.36. The van der Waals surface area contributed by atoms with Crippen molar-refractivity contribution in [1.29, 1.82) is 0 Å². The second-order valence-corrected chi connectivity index (χ2v) is 3.95. The fourth-order valence-corrected chi connectivity index (χ4v) is 1.53. The van der Waals surface area contributed by atoms with Gasteiger partial charge in [-0.2, -0.15) is 0 Å². The number of nitro groups is 1. The molecule has 1 aromatic carbocycles. The Bertz CT molecular complexity index is 577. The van der Waals surface area contributed by atoms with Crippen LogP contribution in [0.2, 0.25) is 0 Å². The minimum Gasteiger partial charge on any atom is -0.479 e. The topological polar surface area (TPSA) is 78.4 Å². The number of aromatic nitrogens is 1. The first-order chi connectivity index (χ1) is 8.56. The van der Waals surface area contributed by atoms with Gasteiger partial charge in [-0.15, -0.1) is 0 Å². The Morgan fingerprint density at radius 2 is 2.17 bits per heavy atom. The molecular formula is C12H12N2O4. The summed E-state index contributed by atoms with van der Waals surface area (Å²) in [6.07, 6.45) is 0. The molecule has 0 spiro atoms. The number of rotatable bonds is 4. The molecule has 6 nitrogen and oxygen atoms in total. The van der Waals surface area contributed by atoms with Gasteiger partial charge in [0.05, 0.1) is 10.6 Å². The first-order valence-electron chi connectivity index (χ1n) is 5.36. The van der Waals surface area contributed by atoms with E-state index in [1.54, 1.807) is 32.0 Å². The highest BCUT2D eigenvalue weighted by Crippen LogP contribution is 2.28. The van der Waals surface area contributed by atoms with Gasteiger partial charge in [0.15, 0.2) is 11.5 Å². The van der Waals surface area contributed by atoms with E-state index in [1.165, 1.54) is 6.07 Å². The molecule has 0 bridgehead atoms. The van der Waals surface area contributed by atoms with Crippen LogP contribution in [-0.4, -0.2) is 10.1 Å². The van der Waals surface area contributed by atoms with E-state index in [2.05, 4.69) is 5.16 Å². The highest BCUT2D eigenvalue weighted by atomic mass is 16.6. The Balaban J connectivity index is 2.16. The summed E-state index contributed by atoms with van der Waals surface area (Å²) in [4.78, 5) is 10.4. The monoisotopic (exact) mass is 248 g/mol. The SMILES string of the molecule is Cc1ccc(OCc2cc(C)no2)c([N+](=O)[O-])c1. The van der Waals surface area contributed by atoms with E-state index in [0.717, 1.165) is 11.3 Å². The Labute approximate surface area is 103 Å². The third-order valence-electron chi connectivity index (χ3n) is 2.36. The lowest BCUT2D eigenvalue weighted by Gasteiger charge is -2.05. The molecular weight excluding hydrogens is 236 g/mol. The highest BCUT2D eigenvalue weighted by molar-refractivity contribution is 5.48. The Hall–Kier alpha value is -2.37. The number of hydrogen-bond acceptors (Lipinski definition) is 5. The number of ether oxygens (including phenoxy) is 1. The number of hydrogen-bond donors (Lipinski definition) is 0. The van der Waals surface area contributed by atoms with Crippen LogP contribution in [-0.2, 0) is 6.61 Å². The predicted molar refractivity (Wildman–Crippen MR) is 63.4 cm³/mol. The van der Waals surface area contributed by atoms with Gasteiger partial charge in [-0.05, 0) is 25.5 Å². The number of aryl methyl sites for hydroxylation is 2. The maximum atomic E-state index is 10.9. The molecule has 2 rings (SSSR count). The van der Waals surface area contributed by atoms with Crippen molar-refractivity contribution in [2.75, 3.05) is 0 Å². The first-order valence-corrected chi connectivity index (χ1v) is 5.36. The van der Waals surface area contributed by atoms with Gasteiger partial charge in [0.25, 0.3) is 0 Å². The quantitative estimate of drug-likeness (QED) is 0.614. The summed E-state index contributed by atoms with van der Waals surface area (Å²) in [7, 11) is 0. The van der Waals surface area contributed by atoms with E-state index in [4.69, 9.17) is 9.26 Å². The molecule has 0 saturated heterocycles. The smallest absolute Gasteiger partial charge is 0.311 e. The summed E-state index contributed by atoms with van der Waals surface area (Å²) in [6, 6.07) is 6.53. The Morgan fingerprint density at radius 3 is 2.78 bits per heavy atom. The van der Waals surface area contributed by atoms with E-state index in [0.29, 0.717) is 5.76 Å². The summed E-state index contributed by atoms with van der Waals surface area (Å²) in [5.74, 6) is 0.752. The average Bonchev–Trinajstić information content (AvgIpc) is 2.73. The highest BCUT2D eigenvalue weighted by Gasteiger charge is 2.15. The van der Waals surface area contributed by atoms with Crippen molar-refractivity contribution >= 4 is 5.69 Å². The molecule has 0 aliphatic carbocycles. The molecule has 94 valence electrons. The van der Waals surface area contributed by atoms with Crippen LogP contribution in [0.4, 0.5) is 5.69 Å². The molecule has 1 heterocycles. The Morgan fingerprint density at radius 1 is 1.39 bits per heavy atom. The molecule has 0 atom stereocenters. The molecule has 0 saturated carbocycles. The van der Waals surface area contributed by atoms with Gasteiger partial charge < -0.3 is 9.26 Å². The lowest BCUT2D eigenvalue weighted by molar-refractivity contribution is -0.386. The molecule has 0 aliphatic rings. The molecule has 0 N–H and O–H groups in total. The fourth-order valence-electron chi connectivity index (χ4n) is 1.53. The number of nitro benzene ring substituents is 1. The lowest BCUT2D eigenvalue weighted by atomic mass is 10.2. The van der Waals surface area contributed by atoms with Crippen molar-refractivity contribution < 1.29 is 14.2 Å². The van der Waals surface area contributed by atoms with Crippen LogP contribution in [0.5, 0.6) is 5.75 Å². The second-order valence-electron chi connectivity index (χ2n) is 3.95. The molecule has 0 radical (unpaired) electrons. The predicted octanol–water partition coefficient (Wildman–Crippen LogP) is 2.78. The van der Waals surface area contributed by atoms with Gasteiger partial charge in [-0.3, -0.25) is 10.1 Å². The van der Waals surface area contributed by atoms with E-state index >= 15 is 0 Å². The fraction of sp³-hybridized carbons (Fsp3) is 0.250. The second kappa shape index (κ2) is 4.87. The van der Waals surface area contributed by atoms with Crippen molar-refractivity contribution in [2.45, 2.75) is 20.5 Å². The third kappa shape index (κ3) is 2.65. The summed E-state index contributed by atoms with van der Waals surface area (Å²) in [5, 5.41) is 14.6. The molecule has 18 heavy (non-hydrogen) atoms. The molecule has 0 fully saturated rings. The summed E-state index contributed by atoms with van der Waals surface area (Å²) in [5.41, 5.74) is 1.50. The van der Waals surface area contributed by atoms with Crippen LogP contribution in [0.25, 0.3) is 0 Å². The lowest BCUT2D eigenvalue weighted by Crippen LogP contribution is -1.98. The molecule has 0 aliphatic heterocycles. The molecule has 0 amide bonds. The van der Waals surface area contributed by atoms with Crippen LogP contribution in [0.3, 0.4) is 0 Å². The van der Waals surface area contributed by atoms with E-state index in [1.807, 2.05) is 0 Å².